The zero-order valence-corrected chi connectivity index (χ0v) is 21.0. The number of quaternary nitrogens is 1. The molecule has 7 atom stereocenters. The predicted molar refractivity (Wildman–Crippen MR) is 122 cm³/mol. The Labute approximate surface area is 213 Å². The van der Waals surface area contributed by atoms with Crippen molar-refractivity contribution in [1.82, 2.24) is 0 Å². The Balaban J connectivity index is 0.000000355. The van der Waals surface area contributed by atoms with Gasteiger partial charge in [0.15, 0.2) is 17.1 Å². The number of rotatable bonds is 5. The average Bonchev–Trinajstić information content (AvgIpc) is 3.54. The fourth-order valence-electron chi connectivity index (χ4n) is 7.60. The molecule has 2 saturated carbocycles. The fourth-order valence-corrected chi connectivity index (χ4v) is 7.60. The molecule has 0 aromatic heterocycles. The number of benzene rings is 1. The summed E-state index contributed by atoms with van der Waals surface area (Å²) in [4.78, 5) is 8.78. The van der Waals surface area contributed by atoms with Crippen molar-refractivity contribution in [3.05, 3.63) is 23.3 Å². The first kappa shape index (κ1) is 26.5. The maximum absolute atomic E-state index is 12.8. The van der Waals surface area contributed by atoms with Gasteiger partial charge in [-0.3, -0.25) is 0 Å². The van der Waals surface area contributed by atoms with E-state index in [1.54, 1.807) is 6.07 Å². The minimum absolute atomic E-state index is 0.00435. The second kappa shape index (κ2) is 8.72. The van der Waals surface area contributed by atoms with E-state index in [-0.39, 0.29) is 11.8 Å². The van der Waals surface area contributed by atoms with Gasteiger partial charge in [0.2, 0.25) is 0 Å². The highest BCUT2D eigenvalue weighted by Gasteiger charge is 2.79. The first-order valence-corrected chi connectivity index (χ1v) is 13.0. The molecule has 1 aromatic rings. The number of carbonyl (C=O) groups is 1. The van der Waals surface area contributed by atoms with Gasteiger partial charge in [0.25, 0.3) is 0 Å². The Kier molecular flexibility index (Phi) is 6.25. The van der Waals surface area contributed by atoms with Gasteiger partial charge in [-0.2, -0.15) is 13.2 Å². The van der Waals surface area contributed by atoms with Gasteiger partial charge in [-0.15, -0.1) is 0 Å². The number of aromatic hydroxyl groups is 1. The molecule has 3 aliphatic carbocycles. The largest absolute Gasteiger partial charge is 0.542 e. The number of phenols is 1. The number of ether oxygens (including phenoxy) is 2. The van der Waals surface area contributed by atoms with Crippen molar-refractivity contribution < 1.29 is 52.3 Å². The van der Waals surface area contributed by atoms with E-state index in [1.165, 1.54) is 12.8 Å². The smallest absolute Gasteiger partial charge is 0.430 e. The number of nitrogens with zero attached hydrogens (tertiary/aromatic N) is 1. The topological polar surface area (TPSA) is 119 Å². The minimum Gasteiger partial charge on any atom is -0.542 e. The Bertz CT molecular complexity index is 1080. The molecule has 6 rings (SSSR count). The predicted octanol–water partition coefficient (Wildman–Crippen LogP) is 1.17. The van der Waals surface area contributed by atoms with Crippen molar-refractivity contribution in [2.24, 2.45) is 5.92 Å². The average molecular weight is 530 g/mol. The van der Waals surface area contributed by atoms with Crippen LogP contribution in [0.25, 0.3) is 0 Å². The van der Waals surface area contributed by atoms with E-state index in [1.807, 2.05) is 6.07 Å². The molecule has 2 heterocycles. The number of likely N-dealkylation sites (N-methyl/N-ethyl adjacent to an activating group) is 1. The molecule has 11 heteroatoms. The normalized spacial score (nSPS) is 39.2. The lowest BCUT2D eigenvalue weighted by atomic mass is 9.47. The highest BCUT2D eigenvalue weighted by atomic mass is 19.4. The zero-order chi connectivity index (χ0) is 27.0. The third-order valence-corrected chi connectivity index (χ3v) is 9.23. The van der Waals surface area contributed by atoms with Crippen molar-refractivity contribution >= 4 is 5.97 Å². The van der Waals surface area contributed by atoms with Crippen LogP contribution >= 0.6 is 0 Å². The summed E-state index contributed by atoms with van der Waals surface area (Å²) in [6.45, 7) is 4.69. The second-order valence-electron chi connectivity index (χ2n) is 11.5. The number of aliphatic carboxylic acids is 1. The van der Waals surface area contributed by atoms with E-state index in [2.05, 4.69) is 14.0 Å². The summed E-state index contributed by atoms with van der Waals surface area (Å²) < 4.78 is 45.0. The van der Waals surface area contributed by atoms with Gasteiger partial charge in [0, 0.05) is 37.4 Å². The van der Waals surface area contributed by atoms with Crippen LogP contribution in [0.3, 0.4) is 0 Å². The first-order chi connectivity index (χ1) is 17.3. The number of aliphatic hydroxyl groups is 2. The Morgan fingerprint density at radius 3 is 2.59 bits per heavy atom. The Morgan fingerprint density at radius 2 is 2.00 bits per heavy atom. The van der Waals surface area contributed by atoms with Gasteiger partial charge >= 0.3 is 6.18 Å². The standard InChI is InChI=1S/C24H33NO5.C2HF3O2/c1-3-10-29-19-12-17(27)22-23-8-9-25(2,13-14-4-5-14)18(24(19,23)28)11-15-6-7-16(26)21(30-22)20(15)23;3-2(4,5)1(6)7/h6-7,14,17-19,22,27-28H,3-5,8-13H2,1-2H3;(H,6,7)/t17-,18-,19?,22+,23+,24?,25-;/m1./s1. The highest BCUT2D eigenvalue weighted by Crippen LogP contribution is 2.66. The van der Waals surface area contributed by atoms with E-state index in [0.717, 1.165) is 53.9 Å². The summed E-state index contributed by atoms with van der Waals surface area (Å²) in [5.41, 5.74) is 0.243. The molecule has 1 saturated heterocycles. The van der Waals surface area contributed by atoms with Crippen LogP contribution in [0.4, 0.5) is 13.2 Å². The molecule has 3 fully saturated rings. The summed E-state index contributed by atoms with van der Waals surface area (Å²) in [6, 6.07) is 3.71. The van der Waals surface area contributed by atoms with E-state index < -0.39 is 41.5 Å². The van der Waals surface area contributed by atoms with E-state index in [4.69, 9.17) is 19.4 Å². The van der Waals surface area contributed by atoms with Crippen molar-refractivity contribution in [3.8, 4) is 11.5 Å². The van der Waals surface area contributed by atoms with Gasteiger partial charge in [-0.05, 0) is 30.9 Å². The maximum Gasteiger partial charge on any atom is 0.430 e. The molecule has 0 amide bonds. The van der Waals surface area contributed by atoms with Crippen molar-refractivity contribution in [1.29, 1.82) is 0 Å². The number of carboxylic acids is 1. The molecule has 8 nitrogen and oxygen atoms in total. The molecule has 2 unspecified atom stereocenters. The molecular formula is C26H34F3NO7. The van der Waals surface area contributed by atoms with Crippen LogP contribution in [0.15, 0.2) is 12.1 Å². The van der Waals surface area contributed by atoms with Gasteiger partial charge in [0.05, 0.1) is 37.8 Å². The maximum atomic E-state index is 12.8. The summed E-state index contributed by atoms with van der Waals surface area (Å²) >= 11 is 0. The summed E-state index contributed by atoms with van der Waals surface area (Å²) in [6.07, 6.45) is -1.59. The van der Waals surface area contributed by atoms with Crippen LogP contribution in [-0.4, -0.2) is 88.6 Å². The van der Waals surface area contributed by atoms with Gasteiger partial charge in [-0.25, -0.2) is 0 Å². The SMILES string of the molecule is CCCOC1C[C@@H](O)[C@@H]2Oc3c(O)ccc4c3[C@@]23CC[N@+](C)(CC2CC2)[C@H](C4)C13O.O=C([O-])C(F)(F)F. The minimum atomic E-state index is -5.19. The van der Waals surface area contributed by atoms with Crippen LogP contribution < -0.4 is 9.84 Å². The molecule has 1 spiro atoms. The molecular weight excluding hydrogens is 495 g/mol. The van der Waals surface area contributed by atoms with Crippen LogP contribution in [0, 0.1) is 5.92 Å². The molecule has 5 aliphatic rings. The molecule has 3 N–H and O–H groups in total. The van der Waals surface area contributed by atoms with E-state index in [9.17, 15) is 28.5 Å². The number of alkyl halides is 3. The van der Waals surface area contributed by atoms with Gasteiger partial charge in [-0.1, -0.05) is 13.0 Å². The van der Waals surface area contributed by atoms with Crippen LogP contribution in [0.5, 0.6) is 11.5 Å². The number of hydrogen-bond acceptors (Lipinski definition) is 7. The molecule has 2 aliphatic heterocycles. The summed E-state index contributed by atoms with van der Waals surface area (Å²) in [5, 5.41) is 43.3. The van der Waals surface area contributed by atoms with E-state index >= 15 is 0 Å². The summed E-state index contributed by atoms with van der Waals surface area (Å²) in [5.74, 6) is -1.67. The number of carboxylic acid groups (broad SMARTS) is 1. The van der Waals surface area contributed by atoms with E-state index in [0.29, 0.717) is 18.8 Å². The number of phenolic OH excluding ortho intramolecular Hbond substituents is 1. The quantitative estimate of drug-likeness (QED) is 0.490. The number of carbonyl (C=O) groups excluding carboxylic acids is 1. The van der Waals surface area contributed by atoms with Crippen molar-refractivity contribution in [2.45, 2.75) is 87.0 Å². The number of aliphatic hydroxyl groups excluding tert-OH is 1. The fraction of sp³-hybridized carbons (Fsp3) is 0.731. The van der Waals surface area contributed by atoms with Gasteiger partial charge in [0.1, 0.15) is 18.1 Å². The monoisotopic (exact) mass is 529 g/mol. The highest BCUT2D eigenvalue weighted by molar-refractivity contribution is 5.70. The third kappa shape index (κ3) is 3.84. The van der Waals surface area contributed by atoms with Crippen molar-refractivity contribution in [2.75, 3.05) is 26.7 Å². The molecule has 2 bridgehead atoms. The number of likely N-dealkylation sites (tertiary alicyclic amines) is 1. The van der Waals surface area contributed by atoms with Crippen LogP contribution in [0.1, 0.15) is 50.2 Å². The Morgan fingerprint density at radius 1 is 1.32 bits per heavy atom. The molecule has 0 radical (unpaired) electrons. The molecule has 37 heavy (non-hydrogen) atoms. The number of piperidine rings is 1. The number of halogens is 3. The molecule has 1 aromatic carbocycles. The van der Waals surface area contributed by atoms with Crippen LogP contribution in [0.2, 0.25) is 0 Å². The zero-order valence-electron chi connectivity index (χ0n) is 21.0. The first-order valence-electron chi connectivity index (χ1n) is 13.0. The van der Waals surface area contributed by atoms with Crippen LogP contribution in [-0.2, 0) is 21.4 Å². The lowest BCUT2D eigenvalue weighted by molar-refractivity contribution is -0.951. The lowest BCUT2D eigenvalue weighted by Crippen LogP contribution is -2.85. The Hall–Kier alpha value is -2.08. The second-order valence-corrected chi connectivity index (χ2v) is 11.5. The molecule has 206 valence electrons. The van der Waals surface area contributed by atoms with Crippen molar-refractivity contribution in [3.63, 3.8) is 0 Å². The number of hydrogen-bond donors (Lipinski definition) is 3. The van der Waals surface area contributed by atoms with Gasteiger partial charge < -0.3 is 39.2 Å². The summed E-state index contributed by atoms with van der Waals surface area (Å²) in [7, 11) is 2.31. The lowest BCUT2D eigenvalue weighted by Gasteiger charge is -2.67. The third-order valence-electron chi connectivity index (χ3n) is 9.23.